The monoisotopic (exact) mass is 486 g/mol. The van der Waals surface area contributed by atoms with Crippen molar-refractivity contribution in [3.63, 3.8) is 0 Å². The number of amides is 2. The van der Waals surface area contributed by atoms with Crippen molar-refractivity contribution >= 4 is 23.4 Å². The topological polar surface area (TPSA) is 79.5 Å². The van der Waals surface area contributed by atoms with Crippen molar-refractivity contribution in [1.29, 1.82) is 0 Å². The van der Waals surface area contributed by atoms with Crippen LogP contribution >= 0.6 is 11.6 Å². The van der Waals surface area contributed by atoms with Crippen LogP contribution in [0.4, 0.5) is 0 Å². The zero-order valence-corrected chi connectivity index (χ0v) is 20.8. The summed E-state index contributed by atoms with van der Waals surface area (Å²) < 4.78 is 5.57. The van der Waals surface area contributed by atoms with Gasteiger partial charge in [0.15, 0.2) is 0 Å². The lowest BCUT2D eigenvalue weighted by molar-refractivity contribution is -0.143. The second kappa shape index (κ2) is 13.3. The number of piperidine rings is 1. The van der Waals surface area contributed by atoms with Crippen LogP contribution in [0.5, 0.6) is 0 Å². The van der Waals surface area contributed by atoms with Crippen molar-refractivity contribution < 1.29 is 14.1 Å². The minimum absolute atomic E-state index is 0.000610. The SMILES string of the molecule is C=CCN(CC(=O)N1CCCCC1c1nc(-c2cccc(Cl)c2)no1)C(=O)CCCCCCC. The van der Waals surface area contributed by atoms with E-state index < -0.39 is 0 Å². The molecule has 1 aromatic carbocycles. The van der Waals surface area contributed by atoms with Crippen LogP contribution < -0.4 is 0 Å². The third kappa shape index (κ3) is 7.16. The molecule has 184 valence electrons. The normalized spacial score (nSPS) is 15.8. The number of benzene rings is 1. The number of hydrogen-bond acceptors (Lipinski definition) is 5. The van der Waals surface area contributed by atoms with Gasteiger partial charge in [-0.2, -0.15) is 4.98 Å². The van der Waals surface area contributed by atoms with Crippen LogP contribution in [-0.4, -0.2) is 51.4 Å². The standard InChI is InChI=1S/C26H35ClN4O3/c1-3-5-6-7-8-15-23(32)30(16-4-2)19-24(33)31-17-10-9-14-22(31)26-28-25(29-34-26)20-12-11-13-21(27)18-20/h4,11-13,18,22H,2-3,5-10,14-17,19H2,1H3. The first-order valence-corrected chi connectivity index (χ1v) is 12.7. The summed E-state index contributed by atoms with van der Waals surface area (Å²) in [4.78, 5) is 34.0. The van der Waals surface area contributed by atoms with Crippen LogP contribution in [0.1, 0.15) is 76.6 Å². The molecule has 8 heteroatoms. The van der Waals surface area contributed by atoms with Crippen LogP contribution in [0, 0.1) is 0 Å². The molecule has 1 aromatic heterocycles. The minimum Gasteiger partial charge on any atom is -0.337 e. The number of halogens is 1. The van der Waals surface area contributed by atoms with Gasteiger partial charge in [0.05, 0.1) is 0 Å². The fourth-order valence-electron chi connectivity index (χ4n) is 4.30. The molecule has 2 aromatic rings. The molecule has 2 amide bonds. The number of likely N-dealkylation sites (tertiary alicyclic amines) is 1. The third-order valence-electron chi connectivity index (χ3n) is 6.16. The Kier molecular flexibility index (Phi) is 10.1. The first-order valence-electron chi connectivity index (χ1n) is 12.3. The lowest BCUT2D eigenvalue weighted by atomic mass is 10.0. The Morgan fingerprint density at radius 3 is 2.85 bits per heavy atom. The Hall–Kier alpha value is -2.67. The summed E-state index contributed by atoms with van der Waals surface area (Å²) in [5.74, 6) is 0.760. The van der Waals surface area contributed by atoms with E-state index in [4.69, 9.17) is 16.1 Å². The van der Waals surface area contributed by atoms with E-state index in [-0.39, 0.29) is 24.4 Å². The Morgan fingerprint density at radius 1 is 1.26 bits per heavy atom. The molecule has 7 nitrogen and oxygen atoms in total. The molecule has 0 aliphatic carbocycles. The number of unbranched alkanes of at least 4 members (excludes halogenated alkanes) is 4. The maximum absolute atomic E-state index is 13.3. The average molecular weight is 487 g/mol. The second-order valence-electron chi connectivity index (χ2n) is 8.79. The van der Waals surface area contributed by atoms with Gasteiger partial charge in [-0.3, -0.25) is 9.59 Å². The Bertz CT molecular complexity index is 961. The molecular formula is C26H35ClN4O3. The zero-order valence-electron chi connectivity index (χ0n) is 20.0. The fourth-order valence-corrected chi connectivity index (χ4v) is 4.49. The van der Waals surface area contributed by atoms with Crippen molar-refractivity contribution in [2.24, 2.45) is 0 Å². The average Bonchev–Trinajstić information content (AvgIpc) is 3.34. The van der Waals surface area contributed by atoms with Crippen molar-refractivity contribution in [3.8, 4) is 11.4 Å². The number of carbonyl (C=O) groups excluding carboxylic acids is 2. The lowest BCUT2D eigenvalue weighted by Gasteiger charge is -2.35. The summed E-state index contributed by atoms with van der Waals surface area (Å²) in [6, 6.07) is 6.97. The maximum Gasteiger partial charge on any atom is 0.249 e. The van der Waals surface area contributed by atoms with Crippen LogP contribution in [0.25, 0.3) is 11.4 Å². The highest BCUT2D eigenvalue weighted by Crippen LogP contribution is 2.31. The van der Waals surface area contributed by atoms with Gasteiger partial charge in [0.1, 0.15) is 12.6 Å². The fraction of sp³-hybridized carbons (Fsp3) is 0.538. The van der Waals surface area contributed by atoms with Gasteiger partial charge >= 0.3 is 0 Å². The largest absolute Gasteiger partial charge is 0.337 e. The number of hydrogen-bond donors (Lipinski definition) is 0. The van der Waals surface area contributed by atoms with E-state index in [0.717, 1.165) is 44.1 Å². The third-order valence-corrected chi connectivity index (χ3v) is 6.39. The Balaban J connectivity index is 1.66. The van der Waals surface area contributed by atoms with Crippen molar-refractivity contribution in [1.82, 2.24) is 19.9 Å². The molecule has 0 saturated carbocycles. The van der Waals surface area contributed by atoms with E-state index in [1.807, 2.05) is 12.1 Å². The van der Waals surface area contributed by atoms with Gasteiger partial charge < -0.3 is 14.3 Å². The molecule has 1 fully saturated rings. The molecule has 0 N–H and O–H groups in total. The molecule has 1 saturated heterocycles. The van der Waals surface area contributed by atoms with Crippen LogP contribution in [-0.2, 0) is 9.59 Å². The molecule has 0 bridgehead atoms. The van der Waals surface area contributed by atoms with Gasteiger partial charge in [0.25, 0.3) is 0 Å². The van der Waals surface area contributed by atoms with Crippen LogP contribution in [0.3, 0.4) is 0 Å². The molecule has 0 spiro atoms. The van der Waals surface area contributed by atoms with Gasteiger partial charge in [-0.25, -0.2) is 0 Å². The predicted octanol–water partition coefficient (Wildman–Crippen LogP) is 5.82. The van der Waals surface area contributed by atoms with Crippen LogP contribution in [0.15, 0.2) is 41.4 Å². The maximum atomic E-state index is 13.3. The summed E-state index contributed by atoms with van der Waals surface area (Å²) in [5, 5.41) is 4.70. The highest BCUT2D eigenvalue weighted by Gasteiger charge is 2.33. The smallest absolute Gasteiger partial charge is 0.249 e. The number of nitrogens with zero attached hydrogens (tertiary/aromatic N) is 4. The lowest BCUT2D eigenvalue weighted by Crippen LogP contribution is -2.46. The summed E-state index contributed by atoms with van der Waals surface area (Å²) in [7, 11) is 0. The van der Waals surface area contributed by atoms with Gasteiger partial charge in [0, 0.05) is 30.1 Å². The van der Waals surface area contributed by atoms with Crippen molar-refractivity contribution in [2.45, 2.75) is 70.8 Å². The van der Waals surface area contributed by atoms with E-state index in [0.29, 0.717) is 36.2 Å². The molecular weight excluding hydrogens is 452 g/mol. The summed E-state index contributed by atoms with van der Waals surface area (Å²) >= 11 is 6.09. The minimum atomic E-state index is -0.295. The summed E-state index contributed by atoms with van der Waals surface area (Å²) in [5.41, 5.74) is 0.762. The Labute approximate surface area is 207 Å². The molecule has 1 aliphatic heterocycles. The zero-order chi connectivity index (χ0) is 24.3. The molecule has 1 unspecified atom stereocenters. The van der Waals surface area contributed by atoms with Gasteiger partial charge in [-0.1, -0.05) is 67.6 Å². The van der Waals surface area contributed by atoms with Gasteiger partial charge in [0.2, 0.25) is 23.5 Å². The molecule has 3 rings (SSSR count). The van der Waals surface area contributed by atoms with Gasteiger partial charge in [-0.05, 0) is 37.8 Å². The number of carbonyl (C=O) groups is 2. The molecule has 0 radical (unpaired) electrons. The van der Waals surface area contributed by atoms with E-state index in [9.17, 15) is 9.59 Å². The quantitative estimate of drug-likeness (QED) is 0.279. The van der Waals surface area contributed by atoms with E-state index in [2.05, 4.69) is 23.6 Å². The van der Waals surface area contributed by atoms with Crippen molar-refractivity contribution in [2.75, 3.05) is 19.6 Å². The van der Waals surface area contributed by atoms with E-state index >= 15 is 0 Å². The van der Waals surface area contributed by atoms with Crippen LogP contribution in [0.2, 0.25) is 5.02 Å². The van der Waals surface area contributed by atoms with E-state index in [1.54, 1.807) is 28.0 Å². The molecule has 1 atom stereocenters. The number of aromatic nitrogens is 2. The molecule has 34 heavy (non-hydrogen) atoms. The number of rotatable bonds is 12. The molecule has 2 heterocycles. The first-order chi connectivity index (χ1) is 16.5. The van der Waals surface area contributed by atoms with E-state index in [1.165, 1.54) is 12.8 Å². The highest BCUT2D eigenvalue weighted by atomic mass is 35.5. The summed E-state index contributed by atoms with van der Waals surface area (Å²) in [6.07, 6.45) is 10.1. The predicted molar refractivity (Wildman–Crippen MR) is 133 cm³/mol. The highest BCUT2D eigenvalue weighted by molar-refractivity contribution is 6.30. The van der Waals surface area contributed by atoms with Gasteiger partial charge in [-0.15, -0.1) is 6.58 Å². The summed E-state index contributed by atoms with van der Waals surface area (Å²) in [6.45, 7) is 6.93. The first kappa shape index (κ1) is 25.9. The second-order valence-corrected chi connectivity index (χ2v) is 9.23. The van der Waals surface area contributed by atoms with Crippen molar-refractivity contribution in [3.05, 3.63) is 47.8 Å². The molecule has 1 aliphatic rings. The Morgan fingerprint density at radius 2 is 2.09 bits per heavy atom.